The number of esters is 1. The van der Waals surface area contributed by atoms with Crippen LogP contribution in [0.15, 0.2) is 35.8 Å². The highest BCUT2D eigenvalue weighted by Gasteiger charge is 2.38. The van der Waals surface area contributed by atoms with Gasteiger partial charge in [-0.3, -0.25) is 4.79 Å². The van der Waals surface area contributed by atoms with Crippen LogP contribution in [0, 0.1) is 17.8 Å². The highest BCUT2D eigenvalue weighted by Crippen LogP contribution is 2.40. The molecule has 2 aliphatic heterocycles. The summed E-state index contributed by atoms with van der Waals surface area (Å²) in [4.78, 5) is 12.7. The predicted octanol–water partition coefficient (Wildman–Crippen LogP) is 4.43. The Morgan fingerprint density at radius 2 is 1.98 bits per heavy atom. The van der Waals surface area contributed by atoms with E-state index in [1.807, 2.05) is 53.7 Å². The molecule has 0 aliphatic carbocycles. The average Bonchev–Trinajstić information content (AvgIpc) is 3.64. The van der Waals surface area contributed by atoms with E-state index in [9.17, 15) is 25.2 Å². The second-order valence-electron chi connectivity index (χ2n) is 12.9. The lowest BCUT2D eigenvalue weighted by Gasteiger charge is -2.34. The summed E-state index contributed by atoms with van der Waals surface area (Å²) in [6.07, 6.45) is 6.11. The normalized spacial score (nSPS) is 31.6. The van der Waals surface area contributed by atoms with Gasteiger partial charge in [0.15, 0.2) is 0 Å². The van der Waals surface area contributed by atoms with E-state index >= 15 is 0 Å². The summed E-state index contributed by atoms with van der Waals surface area (Å²) in [5.41, 5.74) is -2.49. The first-order valence-electron chi connectivity index (χ1n) is 15.2. The molecule has 9 atom stereocenters. The molecule has 0 bridgehead atoms. The van der Waals surface area contributed by atoms with Gasteiger partial charge in [-0.25, -0.2) is 0 Å². The zero-order chi connectivity index (χ0) is 31.8. The predicted molar refractivity (Wildman–Crippen MR) is 166 cm³/mol. The molecule has 0 aromatic heterocycles. The maximum Gasteiger partial charge on any atom is 0.308 e. The highest BCUT2D eigenvalue weighted by molar-refractivity contribution is 7.80. The molecule has 9 nitrogen and oxygen atoms in total. The van der Waals surface area contributed by atoms with Gasteiger partial charge in [-0.1, -0.05) is 45.9 Å². The number of aliphatic hydroxyl groups is 4. The highest BCUT2D eigenvalue weighted by atomic mass is 32.1. The van der Waals surface area contributed by atoms with Crippen LogP contribution in [0.5, 0.6) is 0 Å². The number of carbonyl (C=O) groups is 1. The molecule has 5 N–H and O–H groups in total. The minimum Gasteiger partial charge on any atom is -0.461 e. The van der Waals surface area contributed by atoms with Gasteiger partial charge in [0, 0.05) is 24.3 Å². The Morgan fingerprint density at radius 3 is 2.60 bits per heavy atom. The number of hydrogen-bond acceptors (Lipinski definition) is 9. The van der Waals surface area contributed by atoms with Gasteiger partial charge in [-0.05, 0) is 77.6 Å². The third kappa shape index (κ3) is 11.6. The Morgan fingerprint density at radius 1 is 1.31 bits per heavy atom. The standard InChI is InChI=1S/C32H53NO8S/c1-9-24(35)22(6)29-25(39-29)18-31(7,37)15-10-11-20(4)28-21(5)12-13-26(40-30(42)33-19(2)3)32(8,38)16-14-23(34)17-27(36)41-28/h10,12-13,15,19-24,26,28,34-35,37-38H,9,11,14,16-18H2,1-8H3,(H,33,42)/b13-12+,15-10+. The molecule has 0 fully saturated rings. The molecule has 0 saturated carbocycles. The lowest BCUT2D eigenvalue weighted by atomic mass is 9.86. The fourth-order valence-corrected chi connectivity index (χ4v) is 5.48. The van der Waals surface area contributed by atoms with Crippen molar-refractivity contribution in [2.45, 2.75) is 136 Å². The summed E-state index contributed by atoms with van der Waals surface area (Å²) in [5, 5.41) is 46.0. The first-order valence-corrected chi connectivity index (χ1v) is 15.6. The van der Waals surface area contributed by atoms with Gasteiger partial charge in [0.1, 0.15) is 29.3 Å². The molecule has 0 amide bonds. The fourth-order valence-electron chi connectivity index (χ4n) is 5.14. The third-order valence-electron chi connectivity index (χ3n) is 7.95. The van der Waals surface area contributed by atoms with Crippen LogP contribution in [0.4, 0.5) is 0 Å². The minimum atomic E-state index is -1.34. The summed E-state index contributed by atoms with van der Waals surface area (Å²) >= 11 is 5.33. The Balaban J connectivity index is 2.17. The average molecular weight is 612 g/mol. The molecule has 0 aromatic carbocycles. The molecule has 0 spiro atoms. The summed E-state index contributed by atoms with van der Waals surface area (Å²) in [7, 11) is 0. The number of rotatable bonds is 11. The molecule has 0 aromatic rings. The van der Waals surface area contributed by atoms with Crippen LogP contribution in [-0.2, 0) is 19.0 Å². The van der Waals surface area contributed by atoms with E-state index in [2.05, 4.69) is 5.32 Å². The van der Waals surface area contributed by atoms with Gasteiger partial charge < -0.3 is 40.0 Å². The zero-order valence-corrected chi connectivity index (χ0v) is 27.3. The minimum absolute atomic E-state index is 0.0602. The number of aliphatic hydroxyl groups excluding tert-OH is 2. The summed E-state index contributed by atoms with van der Waals surface area (Å²) < 4.78 is 17.4. The molecule has 10 heteroatoms. The molecular formula is C32H53NO8S. The van der Waals surface area contributed by atoms with Gasteiger partial charge in [0.25, 0.3) is 5.17 Å². The van der Waals surface area contributed by atoms with Gasteiger partial charge in [-0.15, -0.1) is 0 Å². The van der Waals surface area contributed by atoms with Crippen molar-refractivity contribution in [3.63, 3.8) is 0 Å². The van der Waals surface area contributed by atoms with Crippen LogP contribution in [0.2, 0.25) is 0 Å². The van der Waals surface area contributed by atoms with Crippen molar-refractivity contribution in [3.05, 3.63) is 35.8 Å². The quantitative estimate of drug-likeness (QED) is 0.129. The van der Waals surface area contributed by atoms with E-state index in [-0.39, 0.29) is 48.2 Å². The van der Waals surface area contributed by atoms with Crippen LogP contribution in [0.25, 0.3) is 0 Å². The summed E-state index contributed by atoms with van der Waals surface area (Å²) in [6.45, 7) is 14.9. The fraction of sp³-hybridized carbons (Fsp3) is 0.750. The van der Waals surface area contributed by atoms with Crippen molar-refractivity contribution >= 4 is 23.4 Å². The van der Waals surface area contributed by atoms with Crippen molar-refractivity contribution in [2.75, 3.05) is 0 Å². The molecule has 0 radical (unpaired) electrons. The Hall–Kier alpha value is -1.98. The van der Waals surface area contributed by atoms with E-state index in [1.165, 1.54) is 0 Å². The lowest BCUT2D eigenvalue weighted by Crippen LogP contribution is -2.45. The molecular weight excluding hydrogens is 558 g/mol. The molecule has 2 rings (SSSR count). The van der Waals surface area contributed by atoms with E-state index in [4.69, 9.17) is 26.4 Å². The van der Waals surface area contributed by atoms with Gasteiger partial charge in [-0.2, -0.15) is 0 Å². The van der Waals surface area contributed by atoms with Crippen molar-refractivity contribution < 1.29 is 39.4 Å². The van der Waals surface area contributed by atoms with Crippen LogP contribution >= 0.6 is 12.2 Å². The number of nitrogens with one attached hydrogen (secondary N) is 1. The summed E-state index contributed by atoms with van der Waals surface area (Å²) in [5.74, 6) is 0.470. The van der Waals surface area contributed by atoms with Crippen LogP contribution in [0.1, 0.15) is 93.9 Å². The zero-order valence-electron chi connectivity index (χ0n) is 26.5. The maximum absolute atomic E-state index is 12.7. The number of allylic oxidation sites excluding steroid dienone is 1. The number of hydrogen-bond donors (Lipinski definition) is 5. The van der Waals surface area contributed by atoms with Gasteiger partial charge in [0.2, 0.25) is 0 Å². The molecule has 9 unspecified atom stereocenters. The van der Waals surface area contributed by atoms with Crippen molar-refractivity contribution in [1.29, 1.82) is 0 Å². The largest absolute Gasteiger partial charge is 0.461 e. The molecule has 2 heterocycles. The van der Waals surface area contributed by atoms with E-state index in [0.717, 1.165) is 5.76 Å². The second-order valence-corrected chi connectivity index (χ2v) is 13.3. The smallest absolute Gasteiger partial charge is 0.308 e. The van der Waals surface area contributed by atoms with Crippen molar-refractivity contribution in [3.8, 4) is 0 Å². The summed E-state index contributed by atoms with van der Waals surface area (Å²) in [6, 6.07) is 0.0602. The van der Waals surface area contributed by atoms with Crippen LogP contribution in [-0.4, -0.2) is 73.2 Å². The number of thiocarbonyl (C=S) groups is 1. The molecule has 0 saturated heterocycles. The lowest BCUT2D eigenvalue weighted by molar-refractivity contribution is -0.156. The van der Waals surface area contributed by atoms with Crippen molar-refractivity contribution in [1.82, 2.24) is 5.32 Å². The van der Waals surface area contributed by atoms with Gasteiger partial charge in [0.05, 0.1) is 24.2 Å². The Labute approximate surface area is 257 Å². The number of ether oxygens (including phenoxy) is 3. The van der Waals surface area contributed by atoms with E-state index in [1.54, 1.807) is 26.0 Å². The van der Waals surface area contributed by atoms with Gasteiger partial charge >= 0.3 is 5.97 Å². The molecule has 240 valence electrons. The van der Waals surface area contributed by atoms with E-state index < -0.39 is 41.6 Å². The second kappa shape index (κ2) is 15.7. The first-order chi connectivity index (χ1) is 19.5. The SMILES string of the molecule is CCC(O)C(C)C1=C(CC(C)(O)/C=C/CC(C)C2OC(=O)CC(O)CCC(C)(O)C(OC(=S)NC(C)C)/C=C/C2C)O1. The monoisotopic (exact) mass is 611 g/mol. The topological polar surface area (TPSA) is 141 Å². The third-order valence-corrected chi connectivity index (χ3v) is 8.17. The number of carbonyl (C=O) groups excluding carboxylic acids is 1. The van der Waals surface area contributed by atoms with Crippen LogP contribution in [0.3, 0.4) is 0 Å². The maximum atomic E-state index is 12.7. The Bertz CT molecular complexity index is 1000. The van der Waals surface area contributed by atoms with Crippen LogP contribution < -0.4 is 5.32 Å². The van der Waals surface area contributed by atoms with E-state index in [0.29, 0.717) is 25.0 Å². The Kier molecular flexibility index (Phi) is 13.5. The van der Waals surface area contributed by atoms with Crippen molar-refractivity contribution in [2.24, 2.45) is 17.8 Å². The molecule has 2 aliphatic rings. The first kappa shape index (κ1) is 36.2. The molecule has 42 heavy (non-hydrogen) atoms. The number of cyclic esters (lactones) is 1.